The maximum atomic E-state index is 11.3. The molecule has 2 atom stereocenters. The lowest BCUT2D eigenvalue weighted by atomic mass is 10.1. The summed E-state index contributed by atoms with van der Waals surface area (Å²) in [5.41, 5.74) is 7.62. The summed E-state index contributed by atoms with van der Waals surface area (Å²) in [4.78, 5) is 9.29. The molecule has 1 unspecified atom stereocenters. The second-order valence-corrected chi connectivity index (χ2v) is 6.31. The Morgan fingerprint density at radius 3 is 2.48 bits per heavy atom. The summed E-state index contributed by atoms with van der Waals surface area (Å²) in [6, 6.07) is 13.0. The molecule has 3 N–H and O–H groups in total. The van der Waals surface area contributed by atoms with Crippen LogP contribution < -0.4 is 15.8 Å². The van der Waals surface area contributed by atoms with E-state index in [1.807, 2.05) is 31.2 Å². The van der Waals surface area contributed by atoms with Gasteiger partial charge >= 0.3 is 0 Å². The molecule has 0 radical (unpaired) electrons. The van der Waals surface area contributed by atoms with Gasteiger partial charge < -0.3 is 15.4 Å². The van der Waals surface area contributed by atoms with E-state index in [9.17, 15) is 9.46 Å². The SMILES string of the molecule is Cc1c(Oc2ccc(CC(C)N)cc2)cccc1[P@H](=O)O. The fourth-order valence-corrected chi connectivity index (χ4v) is 2.83. The van der Waals surface area contributed by atoms with Crippen LogP contribution in [0.3, 0.4) is 0 Å². The molecule has 0 saturated carbocycles. The largest absolute Gasteiger partial charge is 0.457 e. The van der Waals surface area contributed by atoms with Crippen LogP contribution in [0.15, 0.2) is 42.5 Å². The van der Waals surface area contributed by atoms with Gasteiger partial charge in [0.1, 0.15) is 11.5 Å². The number of hydrogen-bond donors (Lipinski definition) is 2. The molecular formula is C16H20NO3P. The summed E-state index contributed by atoms with van der Waals surface area (Å²) in [7, 11) is -2.72. The zero-order valence-corrected chi connectivity index (χ0v) is 13.2. The van der Waals surface area contributed by atoms with Crippen LogP contribution in [0.25, 0.3) is 0 Å². The lowest BCUT2D eigenvalue weighted by Gasteiger charge is -2.12. The van der Waals surface area contributed by atoms with E-state index >= 15 is 0 Å². The van der Waals surface area contributed by atoms with Crippen molar-refractivity contribution in [1.82, 2.24) is 0 Å². The fourth-order valence-electron chi connectivity index (χ4n) is 2.15. The van der Waals surface area contributed by atoms with Gasteiger partial charge in [-0.1, -0.05) is 18.2 Å². The first-order valence-corrected chi connectivity index (χ1v) is 8.18. The average Bonchev–Trinajstić information content (AvgIpc) is 2.42. The first kappa shape index (κ1) is 15.8. The van der Waals surface area contributed by atoms with E-state index < -0.39 is 8.03 Å². The molecule has 2 aromatic carbocycles. The van der Waals surface area contributed by atoms with Crippen molar-refractivity contribution in [2.75, 3.05) is 0 Å². The molecule has 112 valence electrons. The van der Waals surface area contributed by atoms with Crippen molar-refractivity contribution < 1.29 is 14.2 Å². The van der Waals surface area contributed by atoms with Crippen LogP contribution in [0.4, 0.5) is 0 Å². The van der Waals surface area contributed by atoms with E-state index in [4.69, 9.17) is 10.5 Å². The van der Waals surface area contributed by atoms with Crippen LogP contribution in [-0.2, 0) is 11.0 Å². The molecule has 0 aliphatic rings. The molecule has 0 fully saturated rings. The molecule has 5 heteroatoms. The maximum absolute atomic E-state index is 11.3. The summed E-state index contributed by atoms with van der Waals surface area (Å²) in [6.07, 6.45) is 0.821. The van der Waals surface area contributed by atoms with Gasteiger partial charge in [-0.3, -0.25) is 4.57 Å². The normalized spacial score (nSPS) is 13.7. The molecule has 0 aromatic heterocycles. The third kappa shape index (κ3) is 4.18. The third-order valence-electron chi connectivity index (χ3n) is 3.22. The summed E-state index contributed by atoms with van der Waals surface area (Å²) in [6.45, 7) is 3.75. The highest BCUT2D eigenvalue weighted by molar-refractivity contribution is 7.47. The number of nitrogens with two attached hydrogens (primary N) is 1. The second kappa shape index (κ2) is 6.90. The molecule has 0 aliphatic heterocycles. The lowest BCUT2D eigenvalue weighted by Crippen LogP contribution is -2.17. The summed E-state index contributed by atoms with van der Waals surface area (Å²) in [5.74, 6) is 1.29. The Kier molecular flexibility index (Phi) is 5.18. The summed E-state index contributed by atoms with van der Waals surface area (Å²) < 4.78 is 17.1. The first-order chi connectivity index (χ1) is 9.97. The van der Waals surface area contributed by atoms with Crippen LogP contribution in [0.2, 0.25) is 0 Å². The van der Waals surface area contributed by atoms with E-state index in [-0.39, 0.29) is 6.04 Å². The number of hydrogen-bond acceptors (Lipinski definition) is 3. The van der Waals surface area contributed by atoms with Crippen molar-refractivity contribution in [1.29, 1.82) is 0 Å². The highest BCUT2D eigenvalue weighted by atomic mass is 31.1. The van der Waals surface area contributed by atoms with Crippen molar-refractivity contribution in [2.45, 2.75) is 26.3 Å². The fraction of sp³-hybridized carbons (Fsp3) is 0.250. The number of ether oxygens (including phenoxy) is 1. The Morgan fingerprint density at radius 1 is 1.24 bits per heavy atom. The quantitative estimate of drug-likeness (QED) is 0.833. The van der Waals surface area contributed by atoms with Crippen molar-refractivity contribution >= 4 is 13.3 Å². The maximum Gasteiger partial charge on any atom is 0.218 e. The molecule has 0 aliphatic carbocycles. The van der Waals surface area contributed by atoms with Gasteiger partial charge in [-0.15, -0.1) is 0 Å². The summed E-state index contributed by atoms with van der Waals surface area (Å²) in [5, 5.41) is 0.436. The zero-order valence-electron chi connectivity index (χ0n) is 12.2. The highest BCUT2D eigenvalue weighted by Crippen LogP contribution is 2.28. The van der Waals surface area contributed by atoms with Crippen LogP contribution >= 0.6 is 8.03 Å². The van der Waals surface area contributed by atoms with E-state index in [2.05, 4.69) is 0 Å². The molecule has 2 aromatic rings. The Morgan fingerprint density at radius 2 is 1.90 bits per heavy atom. The van der Waals surface area contributed by atoms with Crippen LogP contribution in [0, 0.1) is 6.92 Å². The number of benzene rings is 2. The minimum atomic E-state index is -2.72. The lowest BCUT2D eigenvalue weighted by molar-refractivity contribution is 0.478. The average molecular weight is 305 g/mol. The number of rotatable bonds is 5. The third-order valence-corrected chi connectivity index (χ3v) is 4.23. The second-order valence-electron chi connectivity index (χ2n) is 5.16. The summed E-state index contributed by atoms with van der Waals surface area (Å²) >= 11 is 0. The minimum Gasteiger partial charge on any atom is -0.457 e. The Balaban J connectivity index is 2.19. The van der Waals surface area contributed by atoms with Gasteiger partial charge in [-0.25, -0.2) is 0 Å². The zero-order chi connectivity index (χ0) is 15.4. The molecule has 0 bridgehead atoms. The molecular weight excluding hydrogens is 285 g/mol. The van der Waals surface area contributed by atoms with Gasteiger partial charge in [-0.05, 0) is 50.1 Å². The van der Waals surface area contributed by atoms with Crippen molar-refractivity contribution in [3.8, 4) is 11.5 Å². The molecule has 0 amide bonds. The van der Waals surface area contributed by atoms with Crippen molar-refractivity contribution in [2.24, 2.45) is 5.73 Å². The molecule has 0 saturated heterocycles. The topological polar surface area (TPSA) is 72.5 Å². The van der Waals surface area contributed by atoms with E-state index in [0.717, 1.165) is 12.0 Å². The van der Waals surface area contributed by atoms with Gasteiger partial charge in [0.05, 0.1) is 0 Å². The van der Waals surface area contributed by atoms with Gasteiger partial charge in [0.2, 0.25) is 8.03 Å². The Labute approximate surface area is 125 Å². The minimum absolute atomic E-state index is 0.123. The monoisotopic (exact) mass is 305 g/mol. The molecule has 21 heavy (non-hydrogen) atoms. The predicted molar refractivity (Wildman–Crippen MR) is 85.9 cm³/mol. The van der Waals surface area contributed by atoms with E-state index in [1.165, 1.54) is 0 Å². The van der Waals surface area contributed by atoms with Crippen LogP contribution in [0.5, 0.6) is 11.5 Å². The van der Waals surface area contributed by atoms with Gasteiger partial charge in [0, 0.05) is 16.9 Å². The first-order valence-electron chi connectivity index (χ1n) is 6.82. The van der Waals surface area contributed by atoms with E-state index in [1.54, 1.807) is 25.1 Å². The molecule has 4 nitrogen and oxygen atoms in total. The van der Waals surface area contributed by atoms with Crippen LogP contribution in [0.1, 0.15) is 18.1 Å². The Bertz CT molecular complexity index is 638. The van der Waals surface area contributed by atoms with Gasteiger partial charge in [0.15, 0.2) is 0 Å². The molecule has 2 rings (SSSR count). The van der Waals surface area contributed by atoms with Crippen molar-refractivity contribution in [3.63, 3.8) is 0 Å². The van der Waals surface area contributed by atoms with Crippen LogP contribution in [-0.4, -0.2) is 10.9 Å². The highest BCUT2D eigenvalue weighted by Gasteiger charge is 2.09. The standard InChI is InChI=1S/C16H20NO3P/c1-11(17)10-13-6-8-14(9-7-13)20-15-4-3-5-16(12(15)2)21(18)19/h3-9,11,21H,10,17H2,1-2H3,(H,18,19). The van der Waals surface area contributed by atoms with Gasteiger partial charge in [-0.2, -0.15) is 0 Å². The van der Waals surface area contributed by atoms with E-state index in [0.29, 0.717) is 22.4 Å². The Hall–Kier alpha value is -1.61. The smallest absolute Gasteiger partial charge is 0.218 e. The predicted octanol–water partition coefficient (Wildman–Crippen LogP) is 2.77. The molecule has 0 heterocycles. The van der Waals surface area contributed by atoms with Gasteiger partial charge in [0.25, 0.3) is 0 Å². The van der Waals surface area contributed by atoms with Crippen molar-refractivity contribution in [3.05, 3.63) is 53.6 Å². The molecule has 0 spiro atoms.